The quantitative estimate of drug-likeness (QED) is 0.871. The van der Waals surface area contributed by atoms with Gasteiger partial charge in [0.15, 0.2) is 0 Å². The van der Waals surface area contributed by atoms with Crippen molar-refractivity contribution in [1.82, 2.24) is 10.2 Å². The maximum absolute atomic E-state index is 12.8. The number of rotatable bonds is 5. The molecule has 3 N–H and O–H groups in total. The van der Waals surface area contributed by atoms with Gasteiger partial charge in [-0.2, -0.15) is 0 Å². The molecular formula is C19H27N3O2. The number of primary amides is 1. The van der Waals surface area contributed by atoms with Gasteiger partial charge >= 0.3 is 6.03 Å². The molecule has 0 bridgehead atoms. The van der Waals surface area contributed by atoms with E-state index < -0.39 is 0 Å². The molecule has 0 aromatic heterocycles. The van der Waals surface area contributed by atoms with Crippen molar-refractivity contribution in [1.29, 1.82) is 0 Å². The van der Waals surface area contributed by atoms with Crippen LogP contribution in [0, 0.1) is 18.8 Å². The van der Waals surface area contributed by atoms with Gasteiger partial charge < -0.3 is 16.0 Å². The minimum absolute atomic E-state index is 0.00989. The molecule has 130 valence electrons. The Morgan fingerprint density at radius 3 is 2.71 bits per heavy atom. The summed E-state index contributed by atoms with van der Waals surface area (Å²) in [7, 11) is 0. The monoisotopic (exact) mass is 329 g/mol. The van der Waals surface area contributed by atoms with Crippen LogP contribution in [0.3, 0.4) is 0 Å². The standard InChI is InChI=1S/C19H27N3O2/c1-13-5-2-3-7-16(13)18(15-8-9-15)21-19(24)22-10-4-6-14(12-22)11-17(20)23/h2-3,5,7,14-15,18H,4,6,8-12H2,1H3,(H2,20,23)(H,21,24)/t14-,18-/m0/s1. The summed E-state index contributed by atoms with van der Waals surface area (Å²) in [5.41, 5.74) is 7.75. The zero-order valence-corrected chi connectivity index (χ0v) is 14.3. The molecule has 3 amide bonds. The molecule has 24 heavy (non-hydrogen) atoms. The highest BCUT2D eigenvalue weighted by Gasteiger charge is 2.35. The first-order chi connectivity index (χ1) is 11.5. The molecule has 1 aliphatic heterocycles. The van der Waals surface area contributed by atoms with Crippen LogP contribution in [0.15, 0.2) is 24.3 Å². The van der Waals surface area contributed by atoms with Gasteiger partial charge in [-0.1, -0.05) is 24.3 Å². The lowest BCUT2D eigenvalue weighted by Crippen LogP contribution is -2.47. The third-order valence-corrected chi connectivity index (χ3v) is 5.19. The fourth-order valence-corrected chi connectivity index (χ4v) is 3.74. The summed E-state index contributed by atoms with van der Waals surface area (Å²) in [6.07, 6.45) is 4.61. The van der Waals surface area contributed by atoms with E-state index in [0.29, 0.717) is 18.9 Å². The number of piperidine rings is 1. The van der Waals surface area contributed by atoms with E-state index >= 15 is 0 Å². The Morgan fingerprint density at radius 2 is 2.04 bits per heavy atom. The molecule has 1 aromatic rings. The van der Waals surface area contributed by atoms with Gasteiger partial charge in [-0.3, -0.25) is 4.79 Å². The third kappa shape index (κ3) is 4.08. The van der Waals surface area contributed by atoms with Crippen molar-refractivity contribution < 1.29 is 9.59 Å². The summed E-state index contributed by atoms with van der Waals surface area (Å²) in [4.78, 5) is 25.8. The van der Waals surface area contributed by atoms with Crippen LogP contribution < -0.4 is 11.1 Å². The van der Waals surface area contributed by atoms with Gasteiger partial charge in [0.25, 0.3) is 0 Å². The van der Waals surface area contributed by atoms with Crippen LogP contribution in [0.2, 0.25) is 0 Å². The molecule has 1 saturated heterocycles. The maximum atomic E-state index is 12.8. The molecule has 1 heterocycles. The molecule has 5 nitrogen and oxygen atoms in total. The number of carbonyl (C=O) groups excluding carboxylic acids is 2. The van der Waals surface area contributed by atoms with Crippen molar-refractivity contribution in [3.63, 3.8) is 0 Å². The topological polar surface area (TPSA) is 75.4 Å². The lowest BCUT2D eigenvalue weighted by molar-refractivity contribution is -0.119. The van der Waals surface area contributed by atoms with E-state index in [4.69, 9.17) is 5.73 Å². The second-order valence-corrected chi connectivity index (χ2v) is 7.25. The highest BCUT2D eigenvalue weighted by atomic mass is 16.2. The first-order valence-corrected chi connectivity index (χ1v) is 8.94. The number of carbonyl (C=O) groups is 2. The maximum Gasteiger partial charge on any atom is 0.317 e. The second-order valence-electron chi connectivity index (χ2n) is 7.25. The molecule has 5 heteroatoms. The smallest absolute Gasteiger partial charge is 0.317 e. The molecule has 2 fully saturated rings. The molecule has 0 spiro atoms. The van der Waals surface area contributed by atoms with Gasteiger partial charge in [-0.05, 0) is 55.6 Å². The molecule has 2 atom stereocenters. The van der Waals surface area contributed by atoms with Gasteiger partial charge in [0.2, 0.25) is 5.91 Å². The highest BCUT2D eigenvalue weighted by Crippen LogP contribution is 2.42. The number of benzene rings is 1. The minimum Gasteiger partial charge on any atom is -0.370 e. The van der Waals surface area contributed by atoms with Crippen LogP contribution in [-0.4, -0.2) is 29.9 Å². The average Bonchev–Trinajstić information content (AvgIpc) is 3.37. The van der Waals surface area contributed by atoms with Crippen LogP contribution in [-0.2, 0) is 4.79 Å². The first kappa shape index (κ1) is 16.8. The van der Waals surface area contributed by atoms with E-state index in [2.05, 4.69) is 24.4 Å². The number of nitrogens with two attached hydrogens (primary N) is 1. The summed E-state index contributed by atoms with van der Waals surface area (Å²) in [6.45, 7) is 3.48. The van der Waals surface area contributed by atoms with E-state index in [1.54, 1.807) is 0 Å². The number of amides is 3. The molecule has 0 unspecified atom stereocenters. The Kier molecular flexibility index (Phi) is 5.07. The predicted molar refractivity (Wildman–Crippen MR) is 93.3 cm³/mol. The second kappa shape index (κ2) is 7.24. The van der Waals surface area contributed by atoms with Gasteiger partial charge in [0, 0.05) is 19.5 Å². The first-order valence-electron chi connectivity index (χ1n) is 8.94. The van der Waals surface area contributed by atoms with Crippen LogP contribution >= 0.6 is 0 Å². The van der Waals surface area contributed by atoms with Gasteiger partial charge in [-0.25, -0.2) is 4.79 Å². The molecule has 1 aliphatic carbocycles. The predicted octanol–water partition coefficient (Wildman–Crippen LogP) is 2.74. The Bertz CT molecular complexity index is 612. The number of hydrogen-bond donors (Lipinski definition) is 2. The summed E-state index contributed by atoms with van der Waals surface area (Å²) in [5.74, 6) is 0.458. The summed E-state index contributed by atoms with van der Waals surface area (Å²) >= 11 is 0. The normalized spacial score (nSPS) is 22.0. The van der Waals surface area contributed by atoms with Crippen LogP contribution in [0.4, 0.5) is 4.79 Å². The molecule has 1 saturated carbocycles. The number of aryl methyl sites for hydroxylation is 1. The largest absolute Gasteiger partial charge is 0.370 e. The third-order valence-electron chi connectivity index (χ3n) is 5.19. The van der Waals surface area contributed by atoms with Crippen molar-refractivity contribution in [3.05, 3.63) is 35.4 Å². The molecule has 0 radical (unpaired) electrons. The van der Waals surface area contributed by atoms with E-state index in [1.165, 1.54) is 24.0 Å². The minimum atomic E-state index is -0.280. The fourth-order valence-electron chi connectivity index (χ4n) is 3.74. The van der Waals surface area contributed by atoms with Gasteiger partial charge in [0.1, 0.15) is 0 Å². The molecule has 3 rings (SSSR count). The lowest BCUT2D eigenvalue weighted by atomic mass is 9.94. The Labute approximate surface area is 143 Å². The van der Waals surface area contributed by atoms with Crippen molar-refractivity contribution in [2.45, 2.75) is 45.1 Å². The highest BCUT2D eigenvalue weighted by molar-refractivity contribution is 5.76. The summed E-state index contributed by atoms with van der Waals surface area (Å²) < 4.78 is 0. The van der Waals surface area contributed by atoms with Crippen molar-refractivity contribution in [2.24, 2.45) is 17.6 Å². The Morgan fingerprint density at radius 1 is 1.29 bits per heavy atom. The molecule has 1 aromatic carbocycles. The van der Waals surface area contributed by atoms with E-state index in [1.807, 2.05) is 17.0 Å². The SMILES string of the molecule is Cc1ccccc1[C@@H](NC(=O)N1CCC[C@@H](CC(N)=O)C1)C1CC1. The zero-order chi connectivity index (χ0) is 17.1. The number of nitrogens with zero attached hydrogens (tertiary/aromatic N) is 1. The van der Waals surface area contributed by atoms with Crippen LogP contribution in [0.25, 0.3) is 0 Å². The summed E-state index contributed by atoms with van der Waals surface area (Å²) in [6, 6.07) is 8.36. The average molecular weight is 329 g/mol. The van der Waals surface area contributed by atoms with Crippen molar-refractivity contribution >= 4 is 11.9 Å². The fraction of sp³-hybridized carbons (Fsp3) is 0.579. The number of likely N-dealkylation sites (tertiary alicyclic amines) is 1. The summed E-state index contributed by atoms with van der Waals surface area (Å²) in [5, 5.41) is 3.25. The molecule has 2 aliphatic rings. The van der Waals surface area contributed by atoms with Gasteiger partial charge in [0.05, 0.1) is 6.04 Å². The van der Waals surface area contributed by atoms with E-state index in [0.717, 1.165) is 19.4 Å². The molecular weight excluding hydrogens is 302 g/mol. The van der Waals surface area contributed by atoms with Crippen LogP contribution in [0.5, 0.6) is 0 Å². The van der Waals surface area contributed by atoms with E-state index in [-0.39, 0.29) is 23.9 Å². The van der Waals surface area contributed by atoms with E-state index in [9.17, 15) is 9.59 Å². The van der Waals surface area contributed by atoms with Crippen LogP contribution in [0.1, 0.15) is 49.3 Å². The lowest BCUT2D eigenvalue weighted by Gasteiger charge is -2.34. The number of nitrogens with one attached hydrogen (secondary N) is 1. The Hall–Kier alpha value is -2.04. The Balaban J connectivity index is 1.66. The zero-order valence-electron chi connectivity index (χ0n) is 14.3. The number of hydrogen-bond acceptors (Lipinski definition) is 2. The number of urea groups is 1. The van der Waals surface area contributed by atoms with Crippen molar-refractivity contribution in [2.75, 3.05) is 13.1 Å². The van der Waals surface area contributed by atoms with Gasteiger partial charge in [-0.15, -0.1) is 0 Å². The van der Waals surface area contributed by atoms with Crippen molar-refractivity contribution in [3.8, 4) is 0 Å².